The van der Waals surface area contributed by atoms with Crippen molar-refractivity contribution in [2.24, 2.45) is 0 Å². The third-order valence-electron chi connectivity index (χ3n) is 2.55. The molecule has 0 bridgehead atoms. The number of hydrogen-bond donors (Lipinski definition) is 2. The Balaban J connectivity index is 2.04. The Bertz CT molecular complexity index is 877. The molecule has 102 valence electrons. The zero-order chi connectivity index (χ0) is 14.2. The molecule has 3 heterocycles. The van der Waals surface area contributed by atoms with Crippen molar-refractivity contribution in [3.63, 3.8) is 0 Å². The fourth-order valence-corrected chi connectivity index (χ4v) is 2.97. The second kappa shape index (κ2) is 4.73. The van der Waals surface area contributed by atoms with Gasteiger partial charge in [0.1, 0.15) is 15.7 Å². The van der Waals surface area contributed by atoms with Gasteiger partial charge < -0.3 is 4.98 Å². The second-order valence-electron chi connectivity index (χ2n) is 3.86. The van der Waals surface area contributed by atoms with E-state index in [2.05, 4.69) is 24.7 Å². The molecule has 0 atom stereocenters. The van der Waals surface area contributed by atoms with Gasteiger partial charge in [0.05, 0.1) is 0 Å². The summed E-state index contributed by atoms with van der Waals surface area (Å²) in [6, 6.07) is 4.77. The number of aromatic amines is 1. The molecule has 0 amide bonds. The topological polar surface area (TPSA) is 101 Å². The van der Waals surface area contributed by atoms with E-state index in [4.69, 9.17) is 11.6 Å². The van der Waals surface area contributed by atoms with Crippen LogP contribution in [0.4, 0.5) is 5.95 Å². The lowest BCUT2D eigenvalue weighted by Gasteiger charge is -2.05. The van der Waals surface area contributed by atoms with Crippen molar-refractivity contribution in [1.29, 1.82) is 0 Å². The van der Waals surface area contributed by atoms with Gasteiger partial charge in [-0.1, -0.05) is 11.6 Å². The monoisotopic (exact) mass is 309 g/mol. The average Bonchev–Trinajstić information content (AvgIpc) is 2.82. The molecule has 9 heteroatoms. The highest BCUT2D eigenvalue weighted by atomic mass is 35.5. The van der Waals surface area contributed by atoms with Crippen LogP contribution in [0.3, 0.4) is 0 Å². The summed E-state index contributed by atoms with van der Waals surface area (Å²) < 4.78 is 26.9. The van der Waals surface area contributed by atoms with Gasteiger partial charge in [0.25, 0.3) is 10.0 Å². The van der Waals surface area contributed by atoms with E-state index in [0.717, 1.165) is 0 Å². The smallest absolute Gasteiger partial charge is 0.266 e. The van der Waals surface area contributed by atoms with Crippen LogP contribution in [-0.4, -0.2) is 28.4 Å². The molecular weight excluding hydrogens is 302 g/mol. The van der Waals surface area contributed by atoms with Crippen LogP contribution in [0.15, 0.2) is 41.7 Å². The summed E-state index contributed by atoms with van der Waals surface area (Å²) in [5, 5.41) is 0.639. The molecule has 3 aromatic heterocycles. The molecule has 0 radical (unpaired) electrons. The first kappa shape index (κ1) is 12.8. The van der Waals surface area contributed by atoms with E-state index in [1.54, 1.807) is 18.3 Å². The van der Waals surface area contributed by atoms with Crippen LogP contribution >= 0.6 is 11.6 Å². The van der Waals surface area contributed by atoms with Gasteiger partial charge in [-0.15, -0.1) is 0 Å². The maximum absolute atomic E-state index is 12.3. The fourth-order valence-electron chi connectivity index (χ4n) is 1.71. The Labute approximate surface area is 119 Å². The Kier molecular flexibility index (Phi) is 3.03. The third-order valence-corrected chi connectivity index (χ3v) is 4.13. The Morgan fingerprint density at radius 1 is 1.20 bits per heavy atom. The largest absolute Gasteiger partial charge is 0.345 e. The first-order valence-corrected chi connectivity index (χ1v) is 7.36. The number of nitrogens with zero attached hydrogens (tertiary/aromatic N) is 3. The number of H-pyrrole nitrogens is 1. The van der Waals surface area contributed by atoms with Crippen molar-refractivity contribution in [2.75, 3.05) is 4.72 Å². The number of pyridine rings is 1. The highest BCUT2D eigenvalue weighted by Gasteiger charge is 2.20. The summed E-state index contributed by atoms with van der Waals surface area (Å²) in [4.78, 5) is 14.5. The van der Waals surface area contributed by atoms with E-state index in [0.29, 0.717) is 11.0 Å². The maximum Gasteiger partial charge on any atom is 0.266 e. The van der Waals surface area contributed by atoms with Crippen LogP contribution in [0, 0.1) is 0 Å². The number of anilines is 1. The normalized spacial score (nSPS) is 11.7. The molecule has 0 unspecified atom stereocenters. The van der Waals surface area contributed by atoms with Gasteiger partial charge >= 0.3 is 0 Å². The summed E-state index contributed by atoms with van der Waals surface area (Å²) >= 11 is 5.69. The van der Waals surface area contributed by atoms with Gasteiger partial charge in [-0.2, -0.15) is 0 Å². The molecule has 0 saturated carbocycles. The minimum absolute atomic E-state index is 0.0733. The summed E-state index contributed by atoms with van der Waals surface area (Å²) in [6.45, 7) is 0. The van der Waals surface area contributed by atoms with Crippen LogP contribution in [0.2, 0.25) is 5.15 Å². The fraction of sp³-hybridized carbons (Fsp3) is 0. The van der Waals surface area contributed by atoms with Crippen LogP contribution in [0.25, 0.3) is 11.0 Å². The number of sulfonamides is 1. The number of nitrogens with one attached hydrogen (secondary N) is 2. The summed E-state index contributed by atoms with van der Waals surface area (Å²) in [7, 11) is -3.82. The highest BCUT2D eigenvalue weighted by molar-refractivity contribution is 7.93. The van der Waals surface area contributed by atoms with E-state index in [-0.39, 0.29) is 16.0 Å². The van der Waals surface area contributed by atoms with E-state index in [1.165, 1.54) is 18.5 Å². The minimum atomic E-state index is -3.82. The van der Waals surface area contributed by atoms with Crippen molar-refractivity contribution < 1.29 is 8.42 Å². The molecule has 2 N–H and O–H groups in total. The van der Waals surface area contributed by atoms with Crippen LogP contribution < -0.4 is 4.72 Å². The van der Waals surface area contributed by atoms with Gasteiger partial charge in [0, 0.05) is 24.0 Å². The lowest BCUT2D eigenvalue weighted by molar-refractivity contribution is 0.601. The average molecular weight is 310 g/mol. The summed E-state index contributed by atoms with van der Waals surface area (Å²) in [6.07, 6.45) is 4.30. The molecule has 0 spiro atoms. The van der Waals surface area contributed by atoms with Crippen LogP contribution in [0.5, 0.6) is 0 Å². The number of rotatable bonds is 3. The molecule has 3 rings (SSSR count). The molecule has 7 nitrogen and oxygen atoms in total. The minimum Gasteiger partial charge on any atom is -0.345 e. The number of aromatic nitrogens is 4. The standard InChI is InChI=1S/C11H8ClN5O2S/c12-9-3-5-14-11(16-9)17-20(18,19)8-6-15-10-7(8)2-1-4-13-10/h1-6H,(H,13,15)(H,14,16,17). The van der Waals surface area contributed by atoms with Gasteiger partial charge in [-0.05, 0) is 18.2 Å². The molecule has 0 aliphatic carbocycles. The quantitative estimate of drug-likeness (QED) is 0.719. The predicted octanol–water partition coefficient (Wildman–Crippen LogP) is 1.81. The molecule has 0 saturated heterocycles. The molecule has 0 aromatic carbocycles. The number of hydrogen-bond acceptors (Lipinski definition) is 5. The van der Waals surface area contributed by atoms with Crippen molar-refractivity contribution in [2.45, 2.75) is 4.90 Å². The second-order valence-corrected chi connectivity index (χ2v) is 5.90. The third kappa shape index (κ3) is 2.30. The van der Waals surface area contributed by atoms with Crippen LogP contribution in [0.1, 0.15) is 0 Å². The Hall–Kier alpha value is -2.19. The van der Waals surface area contributed by atoms with E-state index < -0.39 is 10.0 Å². The molecule has 20 heavy (non-hydrogen) atoms. The highest BCUT2D eigenvalue weighted by Crippen LogP contribution is 2.22. The van der Waals surface area contributed by atoms with Gasteiger partial charge in [-0.25, -0.2) is 28.1 Å². The zero-order valence-electron chi connectivity index (χ0n) is 9.91. The van der Waals surface area contributed by atoms with E-state index in [1.807, 2.05) is 0 Å². The van der Waals surface area contributed by atoms with E-state index in [9.17, 15) is 8.42 Å². The lowest BCUT2D eigenvalue weighted by Crippen LogP contribution is -2.14. The van der Waals surface area contributed by atoms with Gasteiger partial charge in [-0.3, -0.25) is 0 Å². The summed E-state index contributed by atoms with van der Waals surface area (Å²) in [5.74, 6) is -0.0873. The van der Waals surface area contributed by atoms with Gasteiger partial charge in [0.15, 0.2) is 0 Å². The molecule has 3 aromatic rings. The molecule has 0 aliphatic heterocycles. The van der Waals surface area contributed by atoms with Crippen molar-refractivity contribution in [1.82, 2.24) is 19.9 Å². The summed E-state index contributed by atoms with van der Waals surface area (Å²) in [5.41, 5.74) is 0.486. The maximum atomic E-state index is 12.3. The molecular formula is C11H8ClN5O2S. The molecule has 0 aliphatic rings. The lowest BCUT2D eigenvalue weighted by atomic mass is 10.3. The van der Waals surface area contributed by atoms with E-state index >= 15 is 0 Å². The van der Waals surface area contributed by atoms with Crippen LogP contribution in [-0.2, 0) is 10.0 Å². The predicted molar refractivity (Wildman–Crippen MR) is 73.9 cm³/mol. The van der Waals surface area contributed by atoms with Crippen molar-refractivity contribution in [3.05, 3.63) is 41.9 Å². The van der Waals surface area contributed by atoms with Crippen molar-refractivity contribution in [3.8, 4) is 0 Å². The molecule has 0 fully saturated rings. The zero-order valence-corrected chi connectivity index (χ0v) is 11.5. The Morgan fingerprint density at radius 2 is 2.05 bits per heavy atom. The first-order chi connectivity index (χ1) is 9.56. The van der Waals surface area contributed by atoms with Crippen molar-refractivity contribution >= 4 is 38.6 Å². The SMILES string of the molecule is O=S(=O)(Nc1nccc(Cl)n1)c1c[nH]c2ncccc12. The Morgan fingerprint density at radius 3 is 2.85 bits per heavy atom. The van der Waals surface area contributed by atoms with Gasteiger partial charge in [0.2, 0.25) is 5.95 Å². The number of halogens is 1. The first-order valence-electron chi connectivity index (χ1n) is 5.50. The number of fused-ring (bicyclic) bond motifs is 1.